The van der Waals surface area contributed by atoms with E-state index in [2.05, 4.69) is 11.8 Å². The van der Waals surface area contributed by atoms with E-state index in [4.69, 9.17) is 4.42 Å². The van der Waals surface area contributed by atoms with Crippen molar-refractivity contribution in [2.24, 2.45) is 0 Å². The fourth-order valence-corrected chi connectivity index (χ4v) is 4.85. The first-order chi connectivity index (χ1) is 10.2. The summed E-state index contributed by atoms with van der Waals surface area (Å²) in [5.41, 5.74) is 7.71. The Labute approximate surface area is 123 Å². The zero-order valence-electron chi connectivity index (χ0n) is 12.4. The van der Waals surface area contributed by atoms with Crippen molar-refractivity contribution >= 4 is 16.7 Å². The van der Waals surface area contributed by atoms with Crippen LogP contribution in [0.5, 0.6) is 0 Å². The van der Waals surface area contributed by atoms with E-state index in [1.807, 2.05) is 0 Å². The fraction of sp³-hybridized carbons (Fsp3) is 0.500. The van der Waals surface area contributed by atoms with Gasteiger partial charge in [-0.25, -0.2) is 4.79 Å². The molecule has 2 aromatic rings. The highest BCUT2D eigenvalue weighted by atomic mass is 16.4. The fourth-order valence-electron chi connectivity index (χ4n) is 4.85. The summed E-state index contributed by atoms with van der Waals surface area (Å²) in [7, 11) is 0. The van der Waals surface area contributed by atoms with Crippen molar-refractivity contribution in [3.05, 3.63) is 38.7 Å². The quantitative estimate of drug-likeness (QED) is 0.696. The van der Waals surface area contributed by atoms with E-state index in [0.29, 0.717) is 5.92 Å². The van der Waals surface area contributed by atoms with Crippen LogP contribution < -0.4 is 10.5 Å². The van der Waals surface area contributed by atoms with Gasteiger partial charge in [-0.2, -0.15) is 0 Å². The Morgan fingerprint density at radius 1 is 1.19 bits per heavy atom. The number of benzene rings is 1. The lowest BCUT2D eigenvalue weighted by molar-refractivity contribution is 0.548. The number of aryl methyl sites for hydroxylation is 1. The lowest BCUT2D eigenvalue weighted by Gasteiger charge is -2.38. The maximum Gasteiger partial charge on any atom is 0.336 e. The van der Waals surface area contributed by atoms with Crippen LogP contribution in [0.1, 0.15) is 47.9 Å². The van der Waals surface area contributed by atoms with Crippen LogP contribution >= 0.6 is 0 Å². The van der Waals surface area contributed by atoms with Crippen LogP contribution in [0.3, 0.4) is 0 Å². The summed E-state index contributed by atoms with van der Waals surface area (Å²) in [6, 6.07) is 1.72. The van der Waals surface area contributed by atoms with Crippen molar-refractivity contribution in [3.8, 4) is 0 Å². The number of rotatable bonds is 0. The van der Waals surface area contributed by atoms with Gasteiger partial charge < -0.3 is 9.32 Å². The molecule has 5 rings (SSSR count). The van der Waals surface area contributed by atoms with Gasteiger partial charge in [0.25, 0.3) is 0 Å². The normalized spacial score (nSPS) is 22.7. The molecule has 0 saturated carbocycles. The minimum atomic E-state index is -0.179. The monoisotopic (exact) mass is 281 g/mol. The van der Waals surface area contributed by atoms with Gasteiger partial charge in [0.2, 0.25) is 0 Å². The average Bonchev–Trinajstić information content (AvgIpc) is 2.80. The average molecular weight is 281 g/mol. The smallest absolute Gasteiger partial charge is 0.336 e. The third kappa shape index (κ3) is 1.42. The molecule has 3 nitrogen and oxygen atoms in total. The molecule has 1 atom stereocenters. The second-order valence-electron chi connectivity index (χ2n) is 6.81. The number of fused-ring (bicyclic) bond motifs is 2. The molecule has 21 heavy (non-hydrogen) atoms. The molecule has 0 bridgehead atoms. The Balaban J connectivity index is 2.01. The van der Waals surface area contributed by atoms with Crippen molar-refractivity contribution in [1.29, 1.82) is 0 Å². The van der Waals surface area contributed by atoms with E-state index in [1.165, 1.54) is 47.0 Å². The molecule has 3 heteroatoms. The summed E-state index contributed by atoms with van der Waals surface area (Å²) in [6.07, 6.45) is 5.66. The first-order valence-corrected chi connectivity index (χ1v) is 8.13. The number of hydrogen-bond acceptors (Lipinski definition) is 3. The van der Waals surface area contributed by atoms with Crippen molar-refractivity contribution in [2.45, 2.75) is 44.9 Å². The maximum atomic E-state index is 11.9. The van der Waals surface area contributed by atoms with E-state index in [1.54, 1.807) is 11.6 Å². The standard InChI is InChI=1S/C18H19NO2/c1-10-8-11-9-14(20)21-18-13-5-3-7-19-6-2-4-12(17(13)19)15(10)16(11)18/h9-10H,2-8H2,1H3/t10-/m0/s1. The topological polar surface area (TPSA) is 33.5 Å². The van der Waals surface area contributed by atoms with Crippen LogP contribution in [-0.4, -0.2) is 13.1 Å². The number of anilines is 1. The molecule has 0 spiro atoms. The van der Waals surface area contributed by atoms with Gasteiger partial charge in [0.1, 0.15) is 5.58 Å². The van der Waals surface area contributed by atoms with E-state index in [0.717, 1.165) is 31.5 Å². The molecule has 0 unspecified atom stereocenters. The molecule has 0 radical (unpaired) electrons. The molecule has 1 aromatic heterocycles. The van der Waals surface area contributed by atoms with Gasteiger partial charge in [0, 0.05) is 35.8 Å². The molecule has 2 aliphatic heterocycles. The second kappa shape index (κ2) is 3.90. The third-order valence-corrected chi connectivity index (χ3v) is 5.53. The Kier molecular flexibility index (Phi) is 2.20. The molecule has 0 fully saturated rings. The first kappa shape index (κ1) is 11.8. The molecular weight excluding hydrogens is 262 g/mol. The number of nitrogens with zero attached hydrogens (tertiary/aromatic N) is 1. The largest absolute Gasteiger partial charge is 0.422 e. The van der Waals surface area contributed by atoms with Crippen molar-refractivity contribution < 1.29 is 4.42 Å². The van der Waals surface area contributed by atoms with Gasteiger partial charge in [-0.1, -0.05) is 6.92 Å². The SMILES string of the molecule is C[C@H]1Cc2cc(=O)oc3c4c5c(c1c23)CCCN5CCC4. The highest BCUT2D eigenvalue weighted by molar-refractivity contribution is 5.96. The van der Waals surface area contributed by atoms with E-state index < -0.39 is 0 Å². The molecule has 0 N–H and O–H groups in total. The minimum absolute atomic E-state index is 0.179. The highest BCUT2D eigenvalue weighted by Gasteiger charge is 2.34. The van der Waals surface area contributed by atoms with Crippen molar-refractivity contribution in [2.75, 3.05) is 18.0 Å². The number of hydrogen-bond donors (Lipinski definition) is 0. The Morgan fingerprint density at radius 2 is 1.95 bits per heavy atom. The van der Waals surface area contributed by atoms with Gasteiger partial charge >= 0.3 is 5.63 Å². The van der Waals surface area contributed by atoms with Gasteiger partial charge in [-0.15, -0.1) is 0 Å². The zero-order valence-corrected chi connectivity index (χ0v) is 12.4. The maximum absolute atomic E-state index is 11.9. The summed E-state index contributed by atoms with van der Waals surface area (Å²) < 4.78 is 5.70. The Morgan fingerprint density at radius 3 is 2.76 bits per heavy atom. The van der Waals surface area contributed by atoms with Gasteiger partial charge in [0.05, 0.1) is 0 Å². The molecule has 3 heterocycles. The van der Waals surface area contributed by atoms with E-state index in [-0.39, 0.29) is 5.63 Å². The van der Waals surface area contributed by atoms with Crippen LogP contribution in [-0.2, 0) is 19.3 Å². The van der Waals surface area contributed by atoms with Crippen LogP contribution in [0.15, 0.2) is 15.3 Å². The Bertz CT molecular complexity index is 831. The minimum Gasteiger partial charge on any atom is -0.422 e. The summed E-state index contributed by atoms with van der Waals surface area (Å²) in [5, 5.41) is 1.28. The van der Waals surface area contributed by atoms with Crippen molar-refractivity contribution in [3.63, 3.8) is 0 Å². The van der Waals surface area contributed by atoms with Gasteiger partial charge in [-0.3, -0.25) is 0 Å². The summed E-state index contributed by atoms with van der Waals surface area (Å²) >= 11 is 0. The lowest BCUT2D eigenvalue weighted by atomic mass is 9.84. The Hall–Kier alpha value is -1.77. The molecule has 1 aromatic carbocycles. The van der Waals surface area contributed by atoms with Gasteiger partial charge in [0.15, 0.2) is 0 Å². The second-order valence-corrected chi connectivity index (χ2v) is 6.81. The molecule has 3 aliphatic rings. The summed E-state index contributed by atoms with van der Waals surface area (Å²) in [5.74, 6) is 0.515. The molecule has 108 valence electrons. The van der Waals surface area contributed by atoms with E-state index >= 15 is 0 Å². The van der Waals surface area contributed by atoms with E-state index in [9.17, 15) is 4.79 Å². The van der Waals surface area contributed by atoms with Crippen LogP contribution in [0.25, 0.3) is 11.0 Å². The lowest BCUT2D eigenvalue weighted by Crippen LogP contribution is -2.35. The van der Waals surface area contributed by atoms with Gasteiger partial charge in [-0.05, 0) is 54.7 Å². The summed E-state index contributed by atoms with van der Waals surface area (Å²) in [6.45, 7) is 4.61. The predicted molar refractivity (Wildman–Crippen MR) is 83.5 cm³/mol. The highest BCUT2D eigenvalue weighted by Crippen LogP contribution is 2.49. The third-order valence-electron chi connectivity index (χ3n) is 5.53. The molecular formula is C18H19NO2. The van der Waals surface area contributed by atoms with Crippen molar-refractivity contribution in [1.82, 2.24) is 0 Å². The molecule has 1 aliphatic carbocycles. The van der Waals surface area contributed by atoms with Crippen LogP contribution in [0, 0.1) is 0 Å². The molecule has 0 amide bonds. The predicted octanol–water partition coefficient (Wildman–Crippen LogP) is 3.15. The van der Waals surface area contributed by atoms with Crippen LogP contribution in [0.4, 0.5) is 5.69 Å². The zero-order chi connectivity index (χ0) is 14.1. The van der Waals surface area contributed by atoms with Crippen LogP contribution in [0.2, 0.25) is 0 Å². The molecule has 0 saturated heterocycles. The summed E-state index contributed by atoms with van der Waals surface area (Å²) in [4.78, 5) is 14.5. The first-order valence-electron chi connectivity index (χ1n) is 8.13.